The van der Waals surface area contributed by atoms with Crippen molar-refractivity contribution in [2.75, 3.05) is 13.7 Å². The summed E-state index contributed by atoms with van der Waals surface area (Å²) in [6, 6.07) is 7.54. The predicted molar refractivity (Wildman–Crippen MR) is 93.7 cm³/mol. The minimum Gasteiger partial charge on any atom is -0.497 e. The Kier molecular flexibility index (Phi) is 6.23. The number of ether oxygens (including phenoxy) is 1. The number of hydrogen-bond donors (Lipinski definition) is 1. The van der Waals surface area contributed by atoms with Gasteiger partial charge in [-0.1, -0.05) is 25.5 Å². The van der Waals surface area contributed by atoms with Crippen molar-refractivity contribution in [1.82, 2.24) is 10.2 Å². The molecule has 1 aliphatic heterocycles. The maximum atomic E-state index is 12.6. The Morgan fingerprint density at radius 1 is 1.33 bits per heavy atom. The molecule has 1 heterocycles. The third-order valence-electron chi connectivity index (χ3n) is 4.41. The maximum Gasteiger partial charge on any atom is 0.226 e. The fraction of sp³-hybridized carbons (Fsp3) is 0.579. The summed E-state index contributed by atoms with van der Waals surface area (Å²) >= 11 is 0. The van der Waals surface area contributed by atoms with Gasteiger partial charge in [-0.25, -0.2) is 0 Å². The van der Waals surface area contributed by atoms with Crippen LogP contribution in [0.5, 0.6) is 5.75 Å². The van der Waals surface area contributed by atoms with Gasteiger partial charge < -0.3 is 15.0 Å². The summed E-state index contributed by atoms with van der Waals surface area (Å²) in [7, 11) is 1.63. The topological polar surface area (TPSA) is 58.6 Å². The van der Waals surface area contributed by atoms with E-state index in [1.165, 1.54) is 0 Å². The zero-order valence-electron chi connectivity index (χ0n) is 15.0. The molecule has 5 heteroatoms. The Morgan fingerprint density at radius 2 is 2.00 bits per heavy atom. The number of amides is 2. The first kappa shape index (κ1) is 18.3. The van der Waals surface area contributed by atoms with Crippen LogP contribution in [0.4, 0.5) is 0 Å². The Bertz CT molecular complexity index is 568. The standard InChI is InChI=1S/C19H28N2O3/c1-5-6-11-21-17(22)12-16(19(23)20-13(2)3)18(21)14-7-9-15(24-4)10-8-14/h7-10,13,16,18H,5-6,11-12H2,1-4H3,(H,20,23). The molecule has 2 rings (SSSR count). The molecule has 2 unspecified atom stereocenters. The van der Waals surface area contributed by atoms with Crippen molar-refractivity contribution in [1.29, 1.82) is 0 Å². The summed E-state index contributed by atoms with van der Waals surface area (Å²) in [5, 5.41) is 2.96. The van der Waals surface area contributed by atoms with Crippen molar-refractivity contribution < 1.29 is 14.3 Å². The molecule has 132 valence electrons. The summed E-state index contributed by atoms with van der Waals surface area (Å²) in [6.07, 6.45) is 2.23. The van der Waals surface area contributed by atoms with E-state index < -0.39 is 0 Å². The molecule has 0 radical (unpaired) electrons. The SMILES string of the molecule is CCCCN1C(=O)CC(C(=O)NC(C)C)C1c1ccc(OC)cc1. The molecular weight excluding hydrogens is 304 g/mol. The number of methoxy groups -OCH3 is 1. The van der Waals surface area contributed by atoms with Crippen LogP contribution in [-0.4, -0.2) is 36.4 Å². The second-order valence-electron chi connectivity index (χ2n) is 6.63. The summed E-state index contributed by atoms with van der Waals surface area (Å²) in [5.74, 6) is 0.447. The minimum absolute atomic E-state index is 0.0434. The number of carbonyl (C=O) groups is 2. The number of rotatable bonds is 7. The molecule has 0 aliphatic carbocycles. The summed E-state index contributed by atoms with van der Waals surface area (Å²) in [6.45, 7) is 6.67. The van der Waals surface area contributed by atoms with Crippen LogP contribution in [0.1, 0.15) is 51.6 Å². The lowest BCUT2D eigenvalue weighted by atomic mass is 9.92. The fourth-order valence-electron chi connectivity index (χ4n) is 3.22. The predicted octanol–water partition coefficient (Wildman–Crippen LogP) is 2.91. The molecule has 24 heavy (non-hydrogen) atoms. The fourth-order valence-corrected chi connectivity index (χ4v) is 3.22. The highest BCUT2D eigenvalue weighted by Gasteiger charge is 2.44. The second kappa shape index (κ2) is 8.18. The van der Waals surface area contributed by atoms with Crippen LogP contribution >= 0.6 is 0 Å². The zero-order chi connectivity index (χ0) is 17.7. The molecule has 1 N–H and O–H groups in total. The third kappa shape index (κ3) is 4.08. The second-order valence-corrected chi connectivity index (χ2v) is 6.63. The number of benzene rings is 1. The van der Waals surface area contributed by atoms with E-state index in [2.05, 4.69) is 12.2 Å². The number of unbranched alkanes of at least 4 members (excludes halogenated alkanes) is 1. The quantitative estimate of drug-likeness (QED) is 0.835. The van der Waals surface area contributed by atoms with E-state index in [-0.39, 0.29) is 36.2 Å². The van der Waals surface area contributed by atoms with E-state index in [9.17, 15) is 9.59 Å². The third-order valence-corrected chi connectivity index (χ3v) is 4.41. The number of likely N-dealkylation sites (tertiary alicyclic amines) is 1. The molecule has 1 saturated heterocycles. The van der Waals surface area contributed by atoms with Gasteiger partial charge in [0.1, 0.15) is 5.75 Å². The van der Waals surface area contributed by atoms with Gasteiger partial charge in [0.25, 0.3) is 0 Å². The minimum atomic E-state index is -0.342. The van der Waals surface area contributed by atoms with E-state index in [4.69, 9.17) is 4.74 Å². The van der Waals surface area contributed by atoms with Crippen LogP contribution in [-0.2, 0) is 9.59 Å². The molecule has 2 atom stereocenters. The van der Waals surface area contributed by atoms with Gasteiger partial charge in [-0.05, 0) is 38.0 Å². The first-order valence-electron chi connectivity index (χ1n) is 8.71. The highest BCUT2D eigenvalue weighted by Crippen LogP contribution is 2.39. The summed E-state index contributed by atoms with van der Waals surface area (Å²) < 4.78 is 5.21. The van der Waals surface area contributed by atoms with Gasteiger partial charge in [-0.15, -0.1) is 0 Å². The van der Waals surface area contributed by atoms with Gasteiger partial charge in [0, 0.05) is 19.0 Å². The maximum absolute atomic E-state index is 12.6. The molecule has 0 bridgehead atoms. The van der Waals surface area contributed by atoms with Crippen molar-refractivity contribution in [2.24, 2.45) is 5.92 Å². The monoisotopic (exact) mass is 332 g/mol. The van der Waals surface area contributed by atoms with Crippen LogP contribution in [0.15, 0.2) is 24.3 Å². The average molecular weight is 332 g/mol. The Balaban J connectivity index is 2.31. The normalized spacial score (nSPS) is 20.5. The highest BCUT2D eigenvalue weighted by atomic mass is 16.5. The van der Waals surface area contributed by atoms with Crippen LogP contribution in [0.25, 0.3) is 0 Å². The molecule has 0 saturated carbocycles. The molecule has 1 aromatic carbocycles. The van der Waals surface area contributed by atoms with Gasteiger partial charge in [0.2, 0.25) is 11.8 Å². The first-order chi connectivity index (χ1) is 11.5. The molecular formula is C19H28N2O3. The highest BCUT2D eigenvalue weighted by molar-refractivity contribution is 5.90. The molecule has 1 aromatic rings. The lowest BCUT2D eigenvalue weighted by molar-refractivity contribution is -0.129. The Labute approximate surface area is 144 Å². The lowest BCUT2D eigenvalue weighted by Crippen LogP contribution is -2.38. The van der Waals surface area contributed by atoms with Crippen molar-refractivity contribution in [3.05, 3.63) is 29.8 Å². The lowest BCUT2D eigenvalue weighted by Gasteiger charge is -2.28. The Hall–Kier alpha value is -2.04. The van der Waals surface area contributed by atoms with Gasteiger partial charge >= 0.3 is 0 Å². The van der Waals surface area contributed by atoms with E-state index in [0.29, 0.717) is 6.54 Å². The number of hydrogen-bond acceptors (Lipinski definition) is 3. The zero-order valence-corrected chi connectivity index (χ0v) is 15.0. The van der Waals surface area contributed by atoms with Crippen molar-refractivity contribution in [2.45, 2.75) is 52.1 Å². The van der Waals surface area contributed by atoms with E-state index in [1.807, 2.05) is 43.0 Å². The van der Waals surface area contributed by atoms with Crippen LogP contribution in [0.3, 0.4) is 0 Å². The first-order valence-corrected chi connectivity index (χ1v) is 8.71. The van der Waals surface area contributed by atoms with Crippen LogP contribution in [0, 0.1) is 5.92 Å². The molecule has 2 amide bonds. The molecule has 5 nitrogen and oxygen atoms in total. The number of nitrogens with one attached hydrogen (secondary N) is 1. The van der Waals surface area contributed by atoms with Gasteiger partial charge in [-0.3, -0.25) is 9.59 Å². The van der Waals surface area contributed by atoms with Gasteiger partial charge in [-0.2, -0.15) is 0 Å². The van der Waals surface area contributed by atoms with E-state index in [1.54, 1.807) is 7.11 Å². The smallest absolute Gasteiger partial charge is 0.226 e. The van der Waals surface area contributed by atoms with E-state index in [0.717, 1.165) is 24.2 Å². The summed E-state index contributed by atoms with van der Waals surface area (Å²) in [4.78, 5) is 27.0. The number of nitrogens with zero attached hydrogens (tertiary/aromatic N) is 1. The largest absolute Gasteiger partial charge is 0.497 e. The van der Waals surface area contributed by atoms with Crippen LogP contribution < -0.4 is 10.1 Å². The van der Waals surface area contributed by atoms with Crippen LogP contribution in [0.2, 0.25) is 0 Å². The molecule has 1 fully saturated rings. The van der Waals surface area contributed by atoms with Crippen molar-refractivity contribution in [3.8, 4) is 5.75 Å². The van der Waals surface area contributed by atoms with Crippen molar-refractivity contribution in [3.63, 3.8) is 0 Å². The number of carbonyl (C=O) groups excluding carboxylic acids is 2. The summed E-state index contributed by atoms with van der Waals surface area (Å²) in [5.41, 5.74) is 0.988. The van der Waals surface area contributed by atoms with Gasteiger partial charge in [0.15, 0.2) is 0 Å². The molecule has 0 aromatic heterocycles. The van der Waals surface area contributed by atoms with Gasteiger partial charge in [0.05, 0.1) is 19.1 Å². The van der Waals surface area contributed by atoms with Crippen molar-refractivity contribution >= 4 is 11.8 Å². The molecule has 0 spiro atoms. The van der Waals surface area contributed by atoms with E-state index >= 15 is 0 Å². The molecule has 1 aliphatic rings. The average Bonchev–Trinajstić information content (AvgIpc) is 2.89. The Morgan fingerprint density at radius 3 is 2.54 bits per heavy atom.